The number of hydrogen-bond donors (Lipinski definition) is 1. The summed E-state index contributed by atoms with van der Waals surface area (Å²) in [5.41, 5.74) is 2.38. The van der Waals surface area contributed by atoms with Gasteiger partial charge in [-0.1, -0.05) is 30.3 Å². The highest BCUT2D eigenvalue weighted by Crippen LogP contribution is 2.31. The van der Waals surface area contributed by atoms with E-state index >= 15 is 0 Å². The van der Waals surface area contributed by atoms with Crippen LogP contribution in [0.2, 0.25) is 0 Å². The first-order valence-corrected chi connectivity index (χ1v) is 11.9. The van der Waals surface area contributed by atoms with Crippen molar-refractivity contribution in [1.29, 1.82) is 0 Å². The largest absolute Gasteiger partial charge is 0.493 e. The molecule has 2 aromatic carbocycles. The zero-order chi connectivity index (χ0) is 25.6. The van der Waals surface area contributed by atoms with E-state index in [0.717, 1.165) is 17.6 Å². The minimum absolute atomic E-state index is 0.153. The number of hydrogen-bond acceptors (Lipinski definition) is 8. The topological polar surface area (TPSA) is 111 Å². The molecule has 37 heavy (non-hydrogen) atoms. The van der Waals surface area contributed by atoms with Crippen LogP contribution >= 0.6 is 0 Å². The summed E-state index contributed by atoms with van der Waals surface area (Å²) in [5.74, 6) is 2.62. The van der Waals surface area contributed by atoms with Crippen molar-refractivity contribution in [2.75, 3.05) is 20.8 Å². The minimum Gasteiger partial charge on any atom is -0.493 e. The Labute approximate surface area is 213 Å². The Morgan fingerprint density at radius 2 is 1.81 bits per heavy atom. The average Bonchev–Trinajstić information content (AvgIpc) is 3.60. The molecule has 0 spiro atoms. The van der Waals surface area contributed by atoms with Gasteiger partial charge in [-0.15, -0.1) is 5.10 Å². The zero-order valence-electron chi connectivity index (χ0n) is 20.8. The summed E-state index contributed by atoms with van der Waals surface area (Å²) < 4.78 is 18.0. The van der Waals surface area contributed by atoms with E-state index in [0.29, 0.717) is 54.6 Å². The summed E-state index contributed by atoms with van der Waals surface area (Å²) >= 11 is 0. The van der Waals surface area contributed by atoms with Crippen LogP contribution in [0.5, 0.6) is 11.5 Å². The molecular formula is C27H28N6O4. The Balaban J connectivity index is 1.43. The first-order chi connectivity index (χ1) is 18.1. The van der Waals surface area contributed by atoms with E-state index in [1.54, 1.807) is 31.2 Å². The number of fused-ring (bicyclic) bond motifs is 1. The number of furan rings is 1. The Bertz CT molecular complexity index is 1510. The van der Waals surface area contributed by atoms with Gasteiger partial charge >= 0.3 is 0 Å². The van der Waals surface area contributed by atoms with E-state index in [4.69, 9.17) is 13.9 Å². The van der Waals surface area contributed by atoms with Gasteiger partial charge in [0.2, 0.25) is 0 Å². The minimum atomic E-state index is -0.153. The summed E-state index contributed by atoms with van der Waals surface area (Å²) in [6.07, 6.45) is 2.44. The molecular weight excluding hydrogens is 472 g/mol. The molecule has 5 aromatic rings. The summed E-state index contributed by atoms with van der Waals surface area (Å²) in [6, 6.07) is 19.5. The van der Waals surface area contributed by atoms with Crippen LogP contribution in [-0.4, -0.2) is 50.9 Å². The van der Waals surface area contributed by atoms with Gasteiger partial charge in [-0.05, 0) is 46.7 Å². The maximum Gasteiger partial charge on any atom is 0.252 e. The fourth-order valence-corrected chi connectivity index (χ4v) is 4.29. The first-order valence-electron chi connectivity index (χ1n) is 11.9. The highest BCUT2D eigenvalue weighted by molar-refractivity contribution is 5.83. The van der Waals surface area contributed by atoms with Gasteiger partial charge in [0.15, 0.2) is 17.3 Å². The number of tetrazole rings is 1. The van der Waals surface area contributed by atoms with Crippen molar-refractivity contribution in [1.82, 2.24) is 30.1 Å². The lowest BCUT2D eigenvalue weighted by Crippen LogP contribution is -2.30. The van der Waals surface area contributed by atoms with Crippen LogP contribution in [0, 0.1) is 0 Å². The van der Waals surface area contributed by atoms with E-state index in [1.165, 1.54) is 5.56 Å². The first kappa shape index (κ1) is 24.3. The number of pyridine rings is 1. The number of ether oxygens (including phenoxy) is 2. The SMILES string of the molecule is COc1cc2cc(CN(CCc3ccccc3)Cc3nnnn3Cc3ccco3)c(=O)[nH]c2cc1OC. The van der Waals surface area contributed by atoms with Gasteiger partial charge in [0.05, 0.1) is 32.5 Å². The van der Waals surface area contributed by atoms with Crippen LogP contribution in [0.3, 0.4) is 0 Å². The number of benzene rings is 2. The van der Waals surface area contributed by atoms with Gasteiger partial charge in [0.25, 0.3) is 5.56 Å². The van der Waals surface area contributed by atoms with Crippen LogP contribution in [0.1, 0.15) is 22.7 Å². The number of rotatable bonds is 11. The molecule has 0 fully saturated rings. The fraction of sp³-hybridized carbons (Fsp3) is 0.259. The van der Waals surface area contributed by atoms with Crippen LogP contribution in [0.15, 0.2) is 76.1 Å². The number of aromatic nitrogens is 5. The van der Waals surface area contributed by atoms with Crippen molar-refractivity contribution in [2.45, 2.75) is 26.1 Å². The van der Waals surface area contributed by atoms with Crippen molar-refractivity contribution in [3.05, 3.63) is 100.0 Å². The second-order valence-electron chi connectivity index (χ2n) is 8.70. The predicted octanol–water partition coefficient (Wildman–Crippen LogP) is 3.42. The molecule has 0 radical (unpaired) electrons. The lowest BCUT2D eigenvalue weighted by molar-refractivity contribution is 0.247. The van der Waals surface area contributed by atoms with Gasteiger partial charge in [-0.25, -0.2) is 4.68 Å². The number of aromatic amines is 1. The molecule has 0 saturated carbocycles. The maximum absolute atomic E-state index is 13.1. The van der Waals surface area contributed by atoms with Crippen LogP contribution < -0.4 is 15.0 Å². The molecule has 10 heteroatoms. The Morgan fingerprint density at radius 1 is 1.00 bits per heavy atom. The molecule has 190 valence electrons. The van der Waals surface area contributed by atoms with E-state index in [2.05, 4.69) is 37.5 Å². The number of nitrogens with zero attached hydrogens (tertiary/aromatic N) is 5. The Hall–Kier alpha value is -4.44. The molecule has 0 amide bonds. The van der Waals surface area contributed by atoms with Gasteiger partial charge in [-0.2, -0.15) is 0 Å². The van der Waals surface area contributed by atoms with Crippen LogP contribution in [0.25, 0.3) is 10.9 Å². The van der Waals surface area contributed by atoms with E-state index < -0.39 is 0 Å². The molecule has 0 unspecified atom stereocenters. The van der Waals surface area contributed by atoms with Crippen molar-refractivity contribution in [3.63, 3.8) is 0 Å². The van der Waals surface area contributed by atoms with E-state index in [-0.39, 0.29) is 5.56 Å². The highest BCUT2D eigenvalue weighted by atomic mass is 16.5. The highest BCUT2D eigenvalue weighted by Gasteiger charge is 2.17. The summed E-state index contributed by atoms with van der Waals surface area (Å²) in [6.45, 7) is 2.02. The smallest absolute Gasteiger partial charge is 0.252 e. The third-order valence-corrected chi connectivity index (χ3v) is 6.24. The van der Waals surface area contributed by atoms with Gasteiger partial charge < -0.3 is 18.9 Å². The van der Waals surface area contributed by atoms with Gasteiger partial charge in [0.1, 0.15) is 12.3 Å². The molecule has 3 heterocycles. The molecule has 0 saturated heterocycles. The lowest BCUT2D eigenvalue weighted by atomic mass is 10.1. The normalized spacial score (nSPS) is 11.3. The van der Waals surface area contributed by atoms with Crippen LogP contribution in [-0.2, 0) is 26.1 Å². The average molecular weight is 501 g/mol. The molecule has 0 aliphatic rings. The summed E-state index contributed by atoms with van der Waals surface area (Å²) in [4.78, 5) is 18.2. The van der Waals surface area contributed by atoms with Gasteiger partial charge in [-0.3, -0.25) is 9.69 Å². The third kappa shape index (κ3) is 5.70. The van der Waals surface area contributed by atoms with Crippen molar-refractivity contribution in [2.24, 2.45) is 0 Å². The zero-order valence-corrected chi connectivity index (χ0v) is 20.8. The van der Waals surface area contributed by atoms with Crippen molar-refractivity contribution >= 4 is 10.9 Å². The lowest BCUT2D eigenvalue weighted by Gasteiger charge is -2.22. The van der Waals surface area contributed by atoms with Crippen LogP contribution in [0.4, 0.5) is 0 Å². The molecule has 10 nitrogen and oxygen atoms in total. The quantitative estimate of drug-likeness (QED) is 0.294. The van der Waals surface area contributed by atoms with Gasteiger partial charge in [0, 0.05) is 30.1 Å². The van der Waals surface area contributed by atoms with E-state index in [9.17, 15) is 4.79 Å². The number of methoxy groups -OCH3 is 2. The second kappa shape index (κ2) is 11.1. The predicted molar refractivity (Wildman–Crippen MR) is 138 cm³/mol. The van der Waals surface area contributed by atoms with E-state index in [1.807, 2.05) is 42.5 Å². The number of H-pyrrole nitrogens is 1. The molecule has 3 aromatic heterocycles. The summed E-state index contributed by atoms with van der Waals surface area (Å²) in [7, 11) is 3.16. The Kier molecular flexibility index (Phi) is 7.27. The summed E-state index contributed by atoms with van der Waals surface area (Å²) in [5, 5.41) is 13.1. The molecule has 0 aliphatic carbocycles. The molecule has 0 bridgehead atoms. The fourth-order valence-electron chi connectivity index (χ4n) is 4.29. The molecule has 0 aliphatic heterocycles. The second-order valence-corrected chi connectivity index (χ2v) is 8.70. The molecule has 1 N–H and O–H groups in total. The number of nitrogens with one attached hydrogen (secondary N) is 1. The standard InChI is InChI=1S/C27H28N6O4/c1-35-24-14-20-13-21(27(34)28-23(20)15-25(24)36-2)16-32(11-10-19-7-4-3-5-8-19)18-26-29-30-31-33(26)17-22-9-6-12-37-22/h3-9,12-15H,10-11,16-18H2,1-2H3,(H,28,34). The molecule has 0 atom stereocenters. The van der Waals surface area contributed by atoms with Crippen molar-refractivity contribution < 1.29 is 13.9 Å². The molecule has 5 rings (SSSR count). The Morgan fingerprint density at radius 3 is 2.57 bits per heavy atom. The maximum atomic E-state index is 13.1. The third-order valence-electron chi connectivity index (χ3n) is 6.24. The van der Waals surface area contributed by atoms with Crippen molar-refractivity contribution in [3.8, 4) is 11.5 Å². The monoisotopic (exact) mass is 500 g/mol.